The van der Waals surface area contributed by atoms with Crippen LogP contribution in [0.25, 0.3) is 10.6 Å². The zero-order chi connectivity index (χ0) is 17.2. The quantitative estimate of drug-likeness (QED) is 0.779. The third kappa shape index (κ3) is 3.26. The number of thiazole rings is 1. The lowest BCUT2D eigenvalue weighted by Crippen LogP contribution is -2.56. The van der Waals surface area contributed by atoms with Gasteiger partial charge in [0.1, 0.15) is 10.8 Å². The predicted octanol–water partition coefficient (Wildman–Crippen LogP) is 1.71. The van der Waals surface area contributed by atoms with E-state index in [-0.39, 0.29) is 18.5 Å². The van der Waals surface area contributed by atoms with E-state index in [1.165, 1.54) is 11.3 Å². The van der Waals surface area contributed by atoms with Crippen LogP contribution in [-0.2, 0) is 16.1 Å². The van der Waals surface area contributed by atoms with Crippen molar-refractivity contribution in [2.75, 3.05) is 13.1 Å². The van der Waals surface area contributed by atoms with Crippen LogP contribution in [0.15, 0.2) is 24.0 Å². The number of carbonyl (C=O) groups is 2. The third-order valence-electron chi connectivity index (χ3n) is 4.82. The van der Waals surface area contributed by atoms with Crippen LogP contribution >= 0.6 is 11.3 Å². The molecule has 3 heterocycles. The van der Waals surface area contributed by atoms with Crippen molar-refractivity contribution >= 4 is 23.2 Å². The standard InChI is InChI=1S/C17H19N5O2S/c23-16-17(24)22(13-3-1-2-4-13)7-6-21(16)11-14-19-9-12(10-20-14)15-18-5-8-25-15/h5,8-10,13H,1-4,6-7,11H2. The van der Waals surface area contributed by atoms with Crippen LogP contribution < -0.4 is 0 Å². The van der Waals surface area contributed by atoms with Crippen molar-refractivity contribution in [1.82, 2.24) is 24.8 Å². The number of amides is 2. The molecule has 0 radical (unpaired) electrons. The Morgan fingerprint density at radius 2 is 1.80 bits per heavy atom. The Balaban J connectivity index is 1.41. The van der Waals surface area contributed by atoms with Gasteiger partial charge in [0.25, 0.3) is 0 Å². The number of carbonyl (C=O) groups excluding carboxylic acids is 2. The summed E-state index contributed by atoms with van der Waals surface area (Å²) in [6.45, 7) is 1.41. The minimum atomic E-state index is -0.439. The first-order valence-corrected chi connectivity index (χ1v) is 9.41. The molecular formula is C17H19N5O2S. The smallest absolute Gasteiger partial charge is 0.312 e. The minimum absolute atomic E-state index is 0.243. The molecule has 2 fully saturated rings. The Labute approximate surface area is 149 Å². The maximum absolute atomic E-state index is 12.4. The molecule has 2 aliphatic rings. The first kappa shape index (κ1) is 16.1. The third-order valence-corrected chi connectivity index (χ3v) is 5.65. The van der Waals surface area contributed by atoms with E-state index >= 15 is 0 Å². The molecule has 4 rings (SSSR count). The summed E-state index contributed by atoms with van der Waals surface area (Å²) in [5, 5.41) is 2.76. The fraction of sp³-hybridized carbons (Fsp3) is 0.471. The number of hydrogen-bond acceptors (Lipinski definition) is 6. The molecule has 2 amide bonds. The van der Waals surface area contributed by atoms with Crippen LogP contribution in [0.1, 0.15) is 31.5 Å². The molecule has 0 spiro atoms. The van der Waals surface area contributed by atoms with Gasteiger partial charge in [-0.3, -0.25) is 9.59 Å². The van der Waals surface area contributed by atoms with E-state index in [4.69, 9.17) is 0 Å². The van der Waals surface area contributed by atoms with E-state index in [1.54, 1.807) is 28.4 Å². The summed E-state index contributed by atoms with van der Waals surface area (Å²) in [6.07, 6.45) is 9.48. The Morgan fingerprint density at radius 1 is 1.04 bits per heavy atom. The zero-order valence-corrected chi connectivity index (χ0v) is 14.6. The van der Waals surface area contributed by atoms with Crippen molar-refractivity contribution < 1.29 is 9.59 Å². The second-order valence-electron chi connectivity index (χ2n) is 6.39. The van der Waals surface area contributed by atoms with E-state index < -0.39 is 5.91 Å². The average molecular weight is 357 g/mol. The highest BCUT2D eigenvalue weighted by molar-refractivity contribution is 7.13. The molecule has 25 heavy (non-hydrogen) atoms. The number of hydrogen-bond donors (Lipinski definition) is 0. The summed E-state index contributed by atoms with van der Waals surface area (Å²) in [6, 6.07) is 0.243. The van der Waals surface area contributed by atoms with Gasteiger partial charge in [-0.1, -0.05) is 12.8 Å². The van der Waals surface area contributed by atoms with Crippen LogP contribution in [0.5, 0.6) is 0 Å². The molecule has 0 aromatic carbocycles. The molecule has 2 aromatic heterocycles. The molecule has 1 saturated carbocycles. The molecule has 1 saturated heterocycles. The number of rotatable bonds is 4. The highest BCUT2D eigenvalue weighted by Crippen LogP contribution is 2.25. The molecule has 8 heteroatoms. The van der Waals surface area contributed by atoms with E-state index in [1.807, 2.05) is 5.38 Å². The fourth-order valence-electron chi connectivity index (χ4n) is 3.49. The van der Waals surface area contributed by atoms with Crippen LogP contribution in [0, 0.1) is 0 Å². The molecule has 0 bridgehead atoms. The minimum Gasteiger partial charge on any atom is -0.330 e. The van der Waals surface area contributed by atoms with Crippen LogP contribution in [0.4, 0.5) is 0 Å². The lowest BCUT2D eigenvalue weighted by atomic mass is 10.1. The van der Waals surface area contributed by atoms with Crippen molar-refractivity contribution in [3.8, 4) is 10.6 Å². The van der Waals surface area contributed by atoms with Crippen molar-refractivity contribution in [2.45, 2.75) is 38.3 Å². The van der Waals surface area contributed by atoms with Crippen molar-refractivity contribution in [3.63, 3.8) is 0 Å². The summed E-state index contributed by atoms with van der Waals surface area (Å²) in [5.74, 6) is -0.279. The highest BCUT2D eigenvalue weighted by atomic mass is 32.1. The van der Waals surface area contributed by atoms with Gasteiger partial charge in [0, 0.05) is 48.7 Å². The Kier molecular flexibility index (Phi) is 4.44. The highest BCUT2D eigenvalue weighted by Gasteiger charge is 2.37. The number of nitrogens with zero attached hydrogens (tertiary/aromatic N) is 5. The molecular weight excluding hydrogens is 338 g/mol. The Hall–Kier alpha value is -2.35. The molecule has 0 atom stereocenters. The normalized spacial score (nSPS) is 19.0. The second kappa shape index (κ2) is 6.87. The maximum Gasteiger partial charge on any atom is 0.312 e. The summed E-state index contributed by atoms with van der Waals surface area (Å²) >= 11 is 1.52. The summed E-state index contributed by atoms with van der Waals surface area (Å²) in [7, 11) is 0. The van der Waals surface area contributed by atoms with Gasteiger partial charge in [0.15, 0.2) is 0 Å². The summed E-state index contributed by atoms with van der Waals surface area (Å²) < 4.78 is 0. The van der Waals surface area contributed by atoms with Gasteiger partial charge in [-0.15, -0.1) is 11.3 Å². The Bertz CT molecular complexity index is 756. The first-order chi connectivity index (χ1) is 12.2. The topological polar surface area (TPSA) is 79.3 Å². The van der Waals surface area contributed by atoms with E-state index in [0.29, 0.717) is 18.9 Å². The van der Waals surface area contributed by atoms with Gasteiger partial charge < -0.3 is 9.80 Å². The van der Waals surface area contributed by atoms with E-state index in [0.717, 1.165) is 36.3 Å². The Morgan fingerprint density at radius 3 is 2.48 bits per heavy atom. The maximum atomic E-state index is 12.4. The predicted molar refractivity (Wildman–Crippen MR) is 92.5 cm³/mol. The molecule has 1 aliphatic heterocycles. The molecule has 130 valence electrons. The van der Waals surface area contributed by atoms with Crippen molar-refractivity contribution in [2.24, 2.45) is 0 Å². The van der Waals surface area contributed by atoms with Gasteiger partial charge in [-0.05, 0) is 12.8 Å². The van der Waals surface area contributed by atoms with Crippen LogP contribution in [0.3, 0.4) is 0 Å². The molecule has 1 aliphatic carbocycles. The second-order valence-corrected chi connectivity index (χ2v) is 7.28. The average Bonchev–Trinajstić information content (AvgIpc) is 3.33. The number of aromatic nitrogens is 3. The van der Waals surface area contributed by atoms with Gasteiger partial charge in [-0.25, -0.2) is 15.0 Å². The zero-order valence-electron chi connectivity index (χ0n) is 13.8. The number of piperazine rings is 1. The summed E-state index contributed by atoms with van der Waals surface area (Å²) in [5.41, 5.74) is 0.854. The van der Waals surface area contributed by atoms with Gasteiger partial charge >= 0.3 is 11.8 Å². The largest absolute Gasteiger partial charge is 0.330 e. The molecule has 0 N–H and O–H groups in total. The van der Waals surface area contributed by atoms with E-state index in [9.17, 15) is 9.59 Å². The summed E-state index contributed by atoms with van der Waals surface area (Å²) in [4.78, 5) is 41.0. The lowest BCUT2D eigenvalue weighted by molar-refractivity contribution is -0.158. The van der Waals surface area contributed by atoms with Crippen LogP contribution in [0.2, 0.25) is 0 Å². The van der Waals surface area contributed by atoms with Gasteiger partial charge in [0.05, 0.1) is 6.54 Å². The van der Waals surface area contributed by atoms with Crippen LogP contribution in [-0.4, -0.2) is 55.7 Å². The van der Waals surface area contributed by atoms with Gasteiger partial charge in [-0.2, -0.15) is 0 Å². The van der Waals surface area contributed by atoms with Gasteiger partial charge in [0.2, 0.25) is 0 Å². The lowest BCUT2D eigenvalue weighted by Gasteiger charge is -2.36. The fourth-order valence-corrected chi connectivity index (χ4v) is 4.10. The molecule has 2 aromatic rings. The first-order valence-electron chi connectivity index (χ1n) is 8.53. The van der Waals surface area contributed by atoms with Crippen molar-refractivity contribution in [1.29, 1.82) is 0 Å². The molecule has 7 nitrogen and oxygen atoms in total. The van der Waals surface area contributed by atoms with Crippen molar-refractivity contribution in [3.05, 3.63) is 29.8 Å². The molecule has 0 unspecified atom stereocenters. The monoisotopic (exact) mass is 357 g/mol. The van der Waals surface area contributed by atoms with E-state index in [2.05, 4.69) is 15.0 Å². The SMILES string of the molecule is O=C1C(=O)N(C2CCCC2)CCN1Cc1ncc(-c2nccs2)cn1.